The first-order valence-electron chi connectivity index (χ1n) is 48.8. The standard InChI is InChI=1S/2C68H41N3/c1-2-16-43(17-3-1)68-70-64-28-14-15-29-66(64)71(68)46-34-30-42(31-35-46)65-41-60(45-33-37-57-52-23-7-5-19-48(52)50-21-9-11-25-54(50)62(57)39-45)63-40-59(55-26-12-13-27-58(55)67(63)69-65)44-32-36-56-51-22-6-4-18-47(51)49-20-8-10-24-53(49)61(56)38-44;1-2-16-46(17-3-1)71-66-29-15-14-28-64(66)70-68(71)43-32-30-42(31-33-43)65-41-60(45-35-37-57-52-23-7-5-19-48(52)50-21-9-11-25-54(50)62(57)39-45)63-40-59(55-26-12-13-27-58(55)67(63)69-65)44-34-36-56-51-22-6-4-18-47(51)49-20-8-10-24-53(49)61(56)38-44/h2*1-41H. The molecule has 4 aromatic heterocycles. The second-order valence-electron chi connectivity index (χ2n) is 37.6. The number of benzene rings is 26. The van der Waals surface area contributed by atoms with Gasteiger partial charge in [0.05, 0.1) is 44.5 Å². The van der Waals surface area contributed by atoms with E-state index in [4.69, 9.17) is 19.9 Å². The highest BCUT2D eigenvalue weighted by Gasteiger charge is 2.26. The van der Waals surface area contributed by atoms with Gasteiger partial charge in [0.2, 0.25) is 0 Å². The number of para-hydroxylation sites is 5. The molecule has 0 aliphatic rings. The van der Waals surface area contributed by atoms with Crippen molar-refractivity contribution in [3.63, 3.8) is 0 Å². The van der Waals surface area contributed by atoms with Crippen LogP contribution in [0.2, 0.25) is 0 Å². The van der Waals surface area contributed by atoms with Gasteiger partial charge in [0.15, 0.2) is 0 Å². The van der Waals surface area contributed by atoms with Crippen LogP contribution < -0.4 is 0 Å². The van der Waals surface area contributed by atoms with Crippen LogP contribution in [-0.4, -0.2) is 29.1 Å². The Kier molecular flexibility index (Phi) is 18.3. The monoisotopic (exact) mass is 1800 g/mol. The highest BCUT2D eigenvalue weighted by Crippen LogP contribution is 2.50. The molecular weight excluding hydrogens is 1720 g/mol. The summed E-state index contributed by atoms with van der Waals surface area (Å²) >= 11 is 0. The van der Waals surface area contributed by atoms with E-state index in [1.807, 2.05) is 0 Å². The summed E-state index contributed by atoms with van der Waals surface area (Å²) in [6.07, 6.45) is 0. The molecule has 6 heteroatoms. The van der Waals surface area contributed by atoms with E-state index in [-0.39, 0.29) is 0 Å². The number of fused-ring (bicyclic) bond motifs is 32. The molecule has 0 fully saturated rings. The first-order chi connectivity index (χ1) is 70.4. The number of nitrogens with zero attached hydrogens (tertiary/aromatic N) is 6. The average molecular weight is 1800 g/mol. The molecule has 26 aromatic carbocycles. The van der Waals surface area contributed by atoms with Gasteiger partial charge in [-0.15, -0.1) is 0 Å². The first-order valence-corrected chi connectivity index (χ1v) is 48.8. The summed E-state index contributed by atoms with van der Waals surface area (Å²) in [5.74, 6) is 1.82. The fraction of sp³-hybridized carbons (Fsp3) is 0. The Morgan fingerprint density at radius 3 is 0.662 bits per heavy atom. The smallest absolute Gasteiger partial charge is 0.145 e. The molecule has 0 N–H and O–H groups in total. The lowest BCUT2D eigenvalue weighted by molar-refractivity contribution is 1.10. The Hall–Kier alpha value is -18.9. The largest absolute Gasteiger partial charge is 0.292 e. The summed E-state index contributed by atoms with van der Waals surface area (Å²) in [6, 6.07) is 181. The fourth-order valence-corrected chi connectivity index (χ4v) is 23.4. The van der Waals surface area contributed by atoms with Gasteiger partial charge in [0, 0.05) is 55.2 Å². The minimum atomic E-state index is 0.903. The van der Waals surface area contributed by atoms with Crippen molar-refractivity contribution in [1.29, 1.82) is 0 Å². The van der Waals surface area contributed by atoms with Crippen LogP contribution in [0, 0.1) is 0 Å². The Morgan fingerprint density at radius 1 is 0.127 bits per heavy atom. The zero-order valence-corrected chi connectivity index (χ0v) is 77.0. The molecule has 0 saturated heterocycles. The molecule has 0 amide bonds. The van der Waals surface area contributed by atoms with Gasteiger partial charge in [-0.05, 0) is 282 Å². The molecule has 4 heterocycles. The van der Waals surface area contributed by atoms with Gasteiger partial charge >= 0.3 is 0 Å². The quantitative estimate of drug-likeness (QED) is 0.128. The van der Waals surface area contributed by atoms with E-state index >= 15 is 0 Å². The van der Waals surface area contributed by atoms with Crippen molar-refractivity contribution in [2.24, 2.45) is 0 Å². The fourth-order valence-electron chi connectivity index (χ4n) is 23.4. The van der Waals surface area contributed by atoms with Crippen molar-refractivity contribution in [3.05, 3.63) is 497 Å². The lowest BCUT2D eigenvalue weighted by atomic mass is 9.88. The molecule has 0 radical (unpaired) electrons. The van der Waals surface area contributed by atoms with Crippen molar-refractivity contribution in [3.8, 4) is 101 Å². The molecule has 0 bridgehead atoms. The summed E-state index contributed by atoms with van der Waals surface area (Å²) in [6.45, 7) is 0. The maximum atomic E-state index is 5.66. The number of hydrogen-bond donors (Lipinski definition) is 0. The topological polar surface area (TPSA) is 61.4 Å². The van der Waals surface area contributed by atoms with Gasteiger partial charge < -0.3 is 0 Å². The van der Waals surface area contributed by atoms with E-state index in [1.54, 1.807) is 0 Å². The molecule has 656 valence electrons. The highest BCUT2D eigenvalue weighted by molar-refractivity contribution is 6.31. The van der Waals surface area contributed by atoms with Gasteiger partial charge in [-0.1, -0.05) is 400 Å². The Bertz CT molecular complexity index is 10400. The zero-order valence-electron chi connectivity index (χ0n) is 77.0. The number of hydrogen-bond acceptors (Lipinski definition) is 4. The van der Waals surface area contributed by atoms with E-state index in [0.29, 0.717) is 0 Å². The molecule has 0 atom stereocenters. The summed E-state index contributed by atoms with van der Waals surface area (Å²) in [7, 11) is 0. The molecule has 0 unspecified atom stereocenters. The van der Waals surface area contributed by atoms with Crippen LogP contribution in [0.3, 0.4) is 0 Å². The van der Waals surface area contributed by atoms with E-state index in [0.717, 1.165) is 134 Å². The first kappa shape index (κ1) is 80.4. The zero-order chi connectivity index (χ0) is 93.1. The lowest BCUT2D eigenvalue weighted by Gasteiger charge is -2.18. The van der Waals surface area contributed by atoms with Crippen LogP contribution in [0.15, 0.2) is 497 Å². The Balaban J connectivity index is 0.000000136. The summed E-state index contributed by atoms with van der Waals surface area (Å²) in [5, 5.41) is 37.1. The molecule has 0 aliphatic heterocycles. The number of pyridine rings is 2. The van der Waals surface area contributed by atoms with Crippen LogP contribution in [-0.2, 0) is 0 Å². The predicted octanol–water partition coefficient (Wildman–Crippen LogP) is 36.6. The summed E-state index contributed by atoms with van der Waals surface area (Å²) < 4.78 is 4.52. The predicted molar refractivity (Wildman–Crippen MR) is 601 cm³/mol. The van der Waals surface area contributed by atoms with Crippen molar-refractivity contribution in [2.75, 3.05) is 0 Å². The molecule has 30 rings (SSSR count). The molecule has 0 saturated carbocycles. The van der Waals surface area contributed by atoms with Crippen LogP contribution in [0.1, 0.15) is 0 Å². The minimum Gasteiger partial charge on any atom is -0.292 e. The molecule has 30 aromatic rings. The number of rotatable bonds is 10. The normalized spacial score (nSPS) is 11.9. The van der Waals surface area contributed by atoms with Gasteiger partial charge in [0.1, 0.15) is 11.6 Å². The van der Waals surface area contributed by atoms with E-state index in [2.05, 4.69) is 507 Å². The third-order valence-corrected chi connectivity index (χ3v) is 29.9. The van der Waals surface area contributed by atoms with Gasteiger partial charge in [-0.2, -0.15) is 0 Å². The van der Waals surface area contributed by atoms with E-state index in [9.17, 15) is 0 Å². The third kappa shape index (κ3) is 12.8. The SMILES string of the molecule is c1ccc(-c2nc3ccccc3n2-c2ccc(-c3cc(-c4ccc5c6ccccc6c6ccccc6c5c4)c4cc(-c5ccc6c7ccccc7c7ccccc7c6c5)c5ccccc5c4n3)cc2)cc1.c1ccc(-n2c(-c3ccc(-c4cc(-c5ccc6c7ccccc7c7ccccc7c6c5)c5cc(-c6ccc7c8ccccc8c8ccccc8c7c6)c6ccccc6c5n4)cc3)nc3ccccc32)cc1. The molecule has 6 nitrogen and oxygen atoms in total. The van der Waals surface area contributed by atoms with Crippen molar-refractivity contribution < 1.29 is 0 Å². The van der Waals surface area contributed by atoms with Gasteiger partial charge in [0.25, 0.3) is 0 Å². The van der Waals surface area contributed by atoms with E-state index in [1.165, 1.54) is 162 Å². The Labute approximate surface area is 816 Å². The van der Waals surface area contributed by atoms with Gasteiger partial charge in [-0.3, -0.25) is 9.13 Å². The summed E-state index contributed by atoms with van der Waals surface area (Å²) in [5.41, 5.74) is 23.5. The molecule has 0 aliphatic carbocycles. The maximum absolute atomic E-state index is 5.66. The van der Waals surface area contributed by atoms with E-state index < -0.39 is 0 Å². The minimum absolute atomic E-state index is 0.903. The van der Waals surface area contributed by atoms with Crippen LogP contribution in [0.4, 0.5) is 0 Å². The van der Waals surface area contributed by atoms with Crippen LogP contribution in [0.5, 0.6) is 0 Å². The molecule has 0 spiro atoms. The summed E-state index contributed by atoms with van der Waals surface area (Å²) in [4.78, 5) is 21.6. The number of aromatic nitrogens is 6. The second-order valence-corrected chi connectivity index (χ2v) is 37.6. The molecule has 142 heavy (non-hydrogen) atoms. The van der Waals surface area contributed by atoms with Crippen LogP contribution in [0.25, 0.3) is 296 Å². The highest BCUT2D eigenvalue weighted by atomic mass is 15.1. The van der Waals surface area contributed by atoms with Crippen molar-refractivity contribution >= 4 is 195 Å². The van der Waals surface area contributed by atoms with Crippen LogP contribution >= 0.6 is 0 Å². The lowest BCUT2D eigenvalue weighted by Crippen LogP contribution is -1.98. The third-order valence-electron chi connectivity index (χ3n) is 29.9. The van der Waals surface area contributed by atoms with Gasteiger partial charge in [-0.25, -0.2) is 19.9 Å². The second kappa shape index (κ2) is 32.4. The van der Waals surface area contributed by atoms with Crippen molar-refractivity contribution in [1.82, 2.24) is 29.1 Å². The number of imidazole rings is 2. The van der Waals surface area contributed by atoms with Crippen molar-refractivity contribution in [2.45, 2.75) is 0 Å². The average Bonchev–Trinajstić information content (AvgIpc) is 0.866. The maximum Gasteiger partial charge on any atom is 0.145 e. The molecular formula is C136H82N6. The Morgan fingerprint density at radius 2 is 0.345 bits per heavy atom.